The van der Waals surface area contributed by atoms with E-state index in [1.807, 2.05) is 49.7 Å². The molecule has 2 aromatic rings. The molecule has 1 atom stereocenters. The molecule has 0 saturated carbocycles. The van der Waals surface area contributed by atoms with E-state index in [1.165, 1.54) is 4.88 Å². The van der Waals surface area contributed by atoms with Crippen molar-refractivity contribution in [1.82, 2.24) is 4.90 Å². The SMILES string of the molecule is C[C@@H](c1cccs1)N(C)C(=O)CNc1cccc2c1OCCO2. The van der Waals surface area contributed by atoms with Crippen LogP contribution in [0.4, 0.5) is 5.69 Å². The van der Waals surface area contributed by atoms with Crippen LogP contribution >= 0.6 is 11.3 Å². The third kappa shape index (κ3) is 3.42. The lowest BCUT2D eigenvalue weighted by Gasteiger charge is -2.25. The fourth-order valence-corrected chi connectivity index (χ4v) is 3.27. The number of thiophene rings is 1. The average Bonchev–Trinajstić information content (AvgIpc) is 3.12. The fraction of sp³-hybridized carbons (Fsp3) is 0.353. The summed E-state index contributed by atoms with van der Waals surface area (Å²) in [5.74, 6) is 1.43. The Labute approximate surface area is 139 Å². The number of nitrogens with one attached hydrogen (secondary N) is 1. The number of rotatable bonds is 5. The Kier molecular flexibility index (Phi) is 4.71. The zero-order chi connectivity index (χ0) is 16.2. The molecular formula is C17H20N2O3S. The van der Waals surface area contributed by atoms with Gasteiger partial charge in [0.1, 0.15) is 13.2 Å². The molecule has 0 bridgehead atoms. The Bertz CT molecular complexity index is 672. The lowest BCUT2D eigenvalue weighted by molar-refractivity contribution is -0.129. The molecule has 2 heterocycles. The number of para-hydroxylation sites is 1. The average molecular weight is 332 g/mol. The van der Waals surface area contributed by atoms with Crippen molar-refractivity contribution in [3.05, 3.63) is 40.6 Å². The summed E-state index contributed by atoms with van der Waals surface area (Å²) in [5.41, 5.74) is 0.785. The molecule has 0 aliphatic carbocycles. The Morgan fingerprint density at radius 3 is 2.91 bits per heavy atom. The number of amides is 1. The van der Waals surface area contributed by atoms with E-state index >= 15 is 0 Å². The highest BCUT2D eigenvalue weighted by Gasteiger charge is 2.20. The molecule has 0 radical (unpaired) electrons. The number of anilines is 1. The molecular weight excluding hydrogens is 312 g/mol. The molecule has 1 aliphatic heterocycles. The molecule has 6 heteroatoms. The number of likely N-dealkylation sites (N-methyl/N-ethyl adjacent to an activating group) is 1. The van der Waals surface area contributed by atoms with Crippen molar-refractivity contribution in [2.75, 3.05) is 32.1 Å². The first kappa shape index (κ1) is 15.7. The first-order chi connectivity index (χ1) is 11.2. The largest absolute Gasteiger partial charge is 0.486 e. The second kappa shape index (κ2) is 6.91. The summed E-state index contributed by atoms with van der Waals surface area (Å²) in [5, 5.41) is 5.18. The van der Waals surface area contributed by atoms with Crippen molar-refractivity contribution < 1.29 is 14.3 Å². The van der Waals surface area contributed by atoms with Crippen molar-refractivity contribution in [2.45, 2.75) is 13.0 Å². The Morgan fingerprint density at radius 2 is 2.13 bits per heavy atom. The third-order valence-electron chi connectivity index (χ3n) is 3.93. The van der Waals surface area contributed by atoms with Crippen molar-refractivity contribution in [3.63, 3.8) is 0 Å². The number of benzene rings is 1. The Balaban J connectivity index is 1.63. The predicted molar refractivity (Wildman–Crippen MR) is 91.4 cm³/mol. The zero-order valence-electron chi connectivity index (χ0n) is 13.2. The van der Waals surface area contributed by atoms with Gasteiger partial charge < -0.3 is 19.7 Å². The zero-order valence-corrected chi connectivity index (χ0v) is 14.1. The lowest BCUT2D eigenvalue weighted by Crippen LogP contribution is -2.34. The van der Waals surface area contributed by atoms with Crippen molar-refractivity contribution in [2.24, 2.45) is 0 Å². The highest BCUT2D eigenvalue weighted by molar-refractivity contribution is 7.10. The number of hydrogen-bond acceptors (Lipinski definition) is 5. The first-order valence-electron chi connectivity index (χ1n) is 7.58. The van der Waals surface area contributed by atoms with E-state index in [0.29, 0.717) is 24.7 Å². The molecule has 5 nitrogen and oxygen atoms in total. The summed E-state index contributed by atoms with van der Waals surface area (Å²) in [7, 11) is 1.83. The maximum absolute atomic E-state index is 12.4. The highest BCUT2D eigenvalue weighted by Crippen LogP contribution is 2.37. The van der Waals surface area contributed by atoms with Gasteiger partial charge in [-0.2, -0.15) is 0 Å². The minimum absolute atomic E-state index is 0.0280. The van der Waals surface area contributed by atoms with Gasteiger partial charge in [-0.1, -0.05) is 12.1 Å². The molecule has 0 unspecified atom stereocenters. The summed E-state index contributed by atoms with van der Waals surface area (Å²) >= 11 is 1.66. The van der Waals surface area contributed by atoms with E-state index in [2.05, 4.69) is 5.32 Å². The molecule has 3 rings (SSSR count). The van der Waals surface area contributed by atoms with Gasteiger partial charge in [-0.3, -0.25) is 4.79 Å². The van der Waals surface area contributed by atoms with Gasteiger partial charge >= 0.3 is 0 Å². The van der Waals surface area contributed by atoms with Crippen LogP contribution in [0, 0.1) is 0 Å². The lowest BCUT2D eigenvalue weighted by atomic mass is 10.2. The molecule has 0 spiro atoms. The topological polar surface area (TPSA) is 50.8 Å². The van der Waals surface area contributed by atoms with E-state index in [9.17, 15) is 4.79 Å². The van der Waals surface area contributed by atoms with E-state index in [4.69, 9.17) is 9.47 Å². The van der Waals surface area contributed by atoms with Gasteiger partial charge in [-0.05, 0) is 30.5 Å². The number of fused-ring (bicyclic) bond motifs is 1. The van der Waals surface area contributed by atoms with Crippen LogP contribution < -0.4 is 14.8 Å². The van der Waals surface area contributed by atoms with Crippen LogP contribution in [-0.4, -0.2) is 37.6 Å². The molecule has 0 saturated heterocycles. The van der Waals surface area contributed by atoms with Gasteiger partial charge in [0.2, 0.25) is 5.91 Å². The standard InChI is InChI=1S/C17H20N2O3S/c1-12(15-7-4-10-23-15)19(2)16(20)11-18-13-5-3-6-14-17(13)22-9-8-21-14/h3-7,10,12,18H,8-9,11H2,1-2H3/t12-/m0/s1. The quantitative estimate of drug-likeness (QED) is 0.914. The van der Waals surface area contributed by atoms with Crippen LogP contribution in [0.25, 0.3) is 0 Å². The van der Waals surface area contributed by atoms with Gasteiger partial charge in [-0.15, -0.1) is 11.3 Å². The summed E-state index contributed by atoms with van der Waals surface area (Å²) in [4.78, 5) is 15.3. The number of nitrogens with zero attached hydrogens (tertiary/aromatic N) is 1. The smallest absolute Gasteiger partial charge is 0.242 e. The van der Waals surface area contributed by atoms with Crippen LogP contribution in [0.1, 0.15) is 17.8 Å². The summed E-state index contributed by atoms with van der Waals surface area (Å²) < 4.78 is 11.2. The van der Waals surface area contributed by atoms with E-state index in [-0.39, 0.29) is 18.5 Å². The van der Waals surface area contributed by atoms with Gasteiger partial charge in [0.05, 0.1) is 18.3 Å². The molecule has 0 fully saturated rings. The molecule has 1 amide bonds. The van der Waals surface area contributed by atoms with Crippen LogP contribution in [-0.2, 0) is 4.79 Å². The van der Waals surface area contributed by atoms with Gasteiger partial charge in [0.15, 0.2) is 11.5 Å². The predicted octanol–water partition coefficient (Wildman–Crippen LogP) is 3.15. The summed E-state index contributed by atoms with van der Waals surface area (Å²) in [6.45, 7) is 3.32. The van der Waals surface area contributed by atoms with Crippen LogP contribution in [0.5, 0.6) is 11.5 Å². The van der Waals surface area contributed by atoms with Crippen LogP contribution in [0.3, 0.4) is 0 Å². The molecule has 122 valence electrons. The van der Waals surface area contributed by atoms with Gasteiger partial charge in [0, 0.05) is 11.9 Å². The molecule has 1 aromatic carbocycles. The minimum atomic E-state index is 0.0280. The summed E-state index contributed by atoms with van der Waals surface area (Å²) in [6, 6.07) is 9.76. The highest BCUT2D eigenvalue weighted by atomic mass is 32.1. The minimum Gasteiger partial charge on any atom is -0.486 e. The fourth-order valence-electron chi connectivity index (χ4n) is 2.44. The number of carbonyl (C=O) groups excluding carboxylic acids is 1. The molecule has 23 heavy (non-hydrogen) atoms. The first-order valence-corrected chi connectivity index (χ1v) is 8.46. The van der Waals surface area contributed by atoms with Gasteiger partial charge in [0.25, 0.3) is 0 Å². The van der Waals surface area contributed by atoms with Gasteiger partial charge in [-0.25, -0.2) is 0 Å². The maximum Gasteiger partial charge on any atom is 0.242 e. The molecule has 1 aromatic heterocycles. The normalized spacial score (nSPS) is 14.2. The van der Waals surface area contributed by atoms with E-state index < -0.39 is 0 Å². The number of hydrogen-bond donors (Lipinski definition) is 1. The second-order valence-corrected chi connectivity index (χ2v) is 6.36. The number of ether oxygens (including phenoxy) is 2. The van der Waals surface area contributed by atoms with Crippen LogP contribution in [0.2, 0.25) is 0 Å². The second-order valence-electron chi connectivity index (χ2n) is 5.38. The van der Waals surface area contributed by atoms with Crippen molar-refractivity contribution in [1.29, 1.82) is 0 Å². The monoisotopic (exact) mass is 332 g/mol. The summed E-state index contributed by atoms with van der Waals surface area (Å²) in [6.07, 6.45) is 0. The van der Waals surface area contributed by atoms with Crippen molar-refractivity contribution in [3.8, 4) is 11.5 Å². The van der Waals surface area contributed by atoms with E-state index in [1.54, 1.807) is 16.2 Å². The molecule has 1 aliphatic rings. The van der Waals surface area contributed by atoms with Crippen molar-refractivity contribution >= 4 is 22.9 Å². The Morgan fingerprint density at radius 1 is 1.30 bits per heavy atom. The maximum atomic E-state index is 12.4. The number of carbonyl (C=O) groups is 1. The molecule has 1 N–H and O–H groups in total. The Hall–Kier alpha value is -2.21. The van der Waals surface area contributed by atoms with Crippen LogP contribution in [0.15, 0.2) is 35.7 Å². The van der Waals surface area contributed by atoms with E-state index in [0.717, 1.165) is 5.69 Å². The third-order valence-corrected chi connectivity index (χ3v) is 4.97.